The molecule has 0 aliphatic carbocycles. The van der Waals surface area contributed by atoms with Crippen molar-refractivity contribution in [2.45, 2.75) is 19.8 Å². The van der Waals surface area contributed by atoms with Crippen molar-refractivity contribution in [2.75, 3.05) is 27.7 Å². The molecule has 0 saturated carbocycles. The molecule has 2 heterocycles. The Morgan fingerprint density at radius 2 is 2.08 bits per heavy atom. The molecule has 2 aromatic rings. The molecule has 0 radical (unpaired) electrons. The number of hydrogen-bond acceptors (Lipinski definition) is 3. The van der Waals surface area contributed by atoms with Crippen LogP contribution >= 0.6 is 0 Å². The fourth-order valence-corrected chi connectivity index (χ4v) is 3.11. The van der Waals surface area contributed by atoms with Crippen LogP contribution in [0.4, 0.5) is 0 Å². The fraction of sp³-hybridized carbons (Fsp3) is 0.350. The molecule has 0 unspecified atom stereocenters. The summed E-state index contributed by atoms with van der Waals surface area (Å²) in [5.41, 5.74) is 4.27. The number of nitrogens with zero attached hydrogens (tertiary/aromatic N) is 3. The number of aryl methyl sites for hydroxylation is 1. The van der Waals surface area contributed by atoms with Gasteiger partial charge in [0.25, 0.3) is 5.91 Å². The van der Waals surface area contributed by atoms with Crippen molar-refractivity contribution in [1.29, 1.82) is 0 Å². The second-order valence-electron chi connectivity index (χ2n) is 6.81. The zero-order chi connectivity index (χ0) is 17.3. The summed E-state index contributed by atoms with van der Waals surface area (Å²) < 4.78 is 1.82. The number of carbonyl (C=O) groups excluding carboxylic acids is 1. The third kappa shape index (κ3) is 3.29. The maximum Gasteiger partial charge on any atom is 0.260 e. The molecule has 4 nitrogen and oxygen atoms in total. The fourth-order valence-electron chi connectivity index (χ4n) is 3.11. The second-order valence-corrected chi connectivity index (χ2v) is 6.81. The van der Waals surface area contributed by atoms with Crippen molar-refractivity contribution in [3.8, 4) is 0 Å². The molecular formula is C20H25N3O. The lowest BCUT2D eigenvalue weighted by atomic mass is 10.1. The van der Waals surface area contributed by atoms with E-state index in [4.69, 9.17) is 0 Å². The first-order chi connectivity index (χ1) is 11.5. The third-order valence-electron chi connectivity index (χ3n) is 4.40. The molecule has 1 aliphatic rings. The smallest absolute Gasteiger partial charge is 0.260 e. The van der Waals surface area contributed by atoms with E-state index in [9.17, 15) is 4.79 Å². The van der Waals surface area contributed by atoms with Gasteiger partial charge in [-0.2, -0.15) is 0 Å². The molecule has 0 bridgehead atoms. The highest BCUT2D eigenvalue weighted by atomic mass is 16.2. The summed E-state index contributed by atoms with van der Waals surface area (Å²) in [6.45, 7) is 3.06. The van der Waals surface area contributed by atoms with Gasteiger partial charge >= 0.3 is 0 Å². The van der Waals surface area contributed by atoms with Crippen LogP contribution in [0, 0.1) is 6.92 Å². The topological polar surface area (TPSA) is 28.5 Å². The van der Waals surface area contributed by atoms with Crippen molar-refractivity contribution in [1.82, 2.24) is 14.4 Å². The minimum Gasteiger partial charge on any atom is -0.357 e. The van der Waals surface area contributed by atoms with E-state index in [1.54, 1.807) is 0 Å². The van der Waals surface area contributed by atoms with Crippen molar-refractivity contribution in [3.63, 3.8) is 0 Å². The number of aromatic nitrogens is 1. The van der Waals surface area contributed by atoms with Crippen LogP contribution in [0.5, 0.6) is 0 Å². The van der Waals surface area contributed by atoms with Gasteiger partial charge in [-0.15, -0.1) is 0 Å². The van der Waals surface area contributed by atoms with Gasteiger partial charge in [0.1, 0.15) is 0 Å². The largest absolute Gasteiger partial charge is 0.357 e. The molecule has 0 spiro atoms. The summed E-state index contributed by atoms with van der Waals surface area (Å²) in [5.74, 6) is 0.0659. The van der Waals surface area contributed by atoms with Gasteiger partial charge in [0.2, 0.25) is 0 Å². The van der Waals surface area contributed by atoms with E-state index in [0.29, 0.717) is 6.42 Å². The standard InChI is InChI=1S/C20H25N3O/c1-15-7-8-19-18(12-15)16(9-11-21(2)3)14-23(19)20(24)17-6-5-10-22(4)13-17/h5,7-8,10,12-14H,6,9,11H2,1-4H3. The molecule has 1 aromatic carbocycles. The van der Waals surface area contributed by atoms with E-state index in [1.807, 2.05) is 41.2 Å². The number of fused-ring (bicyclic) bond motifs is 1. The van der Waals surface area contributed by atoms with Crippen LogP contribution in [0.3, 0.4) is 0 Å². The SMILES string of the molecule is Cc1ccc2c(c1)c(CCN(C)C)cn2C(=O)C1=CN(C)C=CC1. The van der Waals surface area contributed by atoms with E-state index in [-0.39, 0.29) is 5.91 Å². The molecule has 24 heavy (non-hydrogen) atoms. The Labute approximate surface area is 143 Å². The van der Waals surface area contributed by atoms with Gasteiger partial charge in [0.15, 0.2) is 0 Å². The molecule has 3 rings (SSSR count). The van der Waals surface area contributed by atoms with Crippen molar-refractivity contribution in [2.24, 2.45) is 0 Å². The van der Waals surface area contributed by atoms with E-state index < -0.39 is 0 Å². The number of hydrogen-bond donors (Lipinski definition) is 0. The van der Waals surface area contributed by atoms with Gasteiger partial charge in [0, 0.05) is 36.9 Å². The van der Waals surface area contributed by atoms with Gasteiger partial charge in [-0.1, -0.05) is 17.7 Å². The van der Waals surface area contributed by atoms with Crippen LogP contribution < -0.4 is 0 Å². The van der Waals surface area contributed by atoms with Gasteiger partial charge in [0.05, 0.1) is 5.52 Å². The van der Waals surface area contributed by atoms with E-state index in [0.717, 1.165) is 24.1 Å². The highest BCUT2D eigenvalue weighted by molar-refractivity contribution is 6.03. The first-order valence-corrected chi connectivity index (χ1v) is 8.35. The number of allylic oxidation sites excluding steroid dienone is 2. The minimum absolute atomic E-state index is 0.0659. The summed E-state index contributed by atoms with van der Waals surface area (Å²) >= 11 is 0. The average Bonchev–Trinajstić information content (AvgIpc) is 2.90. The first kappa shape index (κ1) is 16.5. The van der Waals surface area contributed by atoms with Crippen molar-refractivity contribution < 1.29 is 4.79 Å². The van der Waals surface area contributed by atoms with Gasteiger partial charge in [-0.25, -0.2) is 0 Å². The summed E-state index contributed by atoms with van der Waals surface area (Å²) in [5, 5.41) is 1.19. The Morgan fingerprint density at radius 3 is 2.79 bits per heavy atom. The Balaban J connectivity index is 2.03. The average molecular weight is 323 g/mol. The van der Waals surface area contributed by atoms with E-state index in [1.165, 1.54) is 16.5 Å². The first-order valence-electron chi connectivity index (χ1n) is 8.35. The normalized spacial score (nSPS) is 14.5. The number of benzene rings is 1. The van der Waals surface area contributed by atoms with Crippen LogP contribution in [-0.2, 0) is 6.42 Å². The zero-order valence-electron chi connectivity index (χ0n) is 14.9. The molecule has 4 heteroatoms. The molecule has 0 atom stereocenters. The maximum atomic E-state index is 13.0. The van der Waals surface area contributed by atoms with Crippen LogP contribution in [0.2, 0.25) is 0 Å². The monoisotopic (exact) mass is 323 g/mol. The predicted octanol–water partition coefficient (Wildman–Crippen LogP) is 3.43. The summed E-state index contributed by atoms with van der Waals surface area (Å²) in [6.07, 6.45) is 9.57. The van der Waals surface area contributed by atoms with Crippen LogP contribution in [0.1, 0.15) is 22.3 Å². The van der Waals surface area contributed by atoms with Crippen LogP contribution in [-0.4, -0.2) is 48.0 Å². The minimum atomic E-state index is 0.0659. The number of rotatable bonds is 4. The highest BCUT2D eigenvalue weighted by Crippen LogP contribution is 2.25. The molecular weight excluding hydrogens is 298 g/mol. The Kier molecular flexibility index (Phi) is 4.58. The Hall–Kier alpha value is -2.33. The molecule has 0 saturated heterocycles. The summed E-state index contributed by atoms with van der Waals surface area (Å²) in [6, 6.07) is 6.32. The maximum absolute atomic E-state index is 13.0. The Morgan fingerprint density at radius 1 is 1.29 bits per heavy atom. The predicted molar refractivity (Wildman–Crippen MR) is 99.2 cm³/mol. The lowest BCUT2D eigenvalue weighted by molar-refractivity contribution is 0.0955. The van der Waals surface area contributed by atoms with Crippen molar-refractivity contribution in [3.05, 3.63) is 59.6 Å². The third-order valence-corrected chi connectivity index (χ3v) is 4.40. The van der Waals surface area contributed by atoms with Crippen LogP contribution in [0.15, 0.2) is 48.4 Å². The van der Waals surface area contributed by atoms with Crippen LogP contribution in [0.25, 0.3) is 10.9 Å². The quantitative estimate of drug-likeness (QED) is 0.863. The number of carbonyl (C=O) groups is 1. The lowest BCUT2D eigenvalue weighted by Crippen LogP contribution is -2.17. The van der Waals surface area contributed by atoms with E-state index in [2.05, 4.69) is 44.1 Å². The molecule has 0 amide bonds. The summed E-state index contributed by atoms with van der Waals surface area (Å²) in [7, 11) is 6.10. The Bertz CT molecular complexity index is 827. The van der Waals surface area contributed by atoms with E-state index >= 15 is 0 Å². The molecule has 0 N–H and O–H groups in total. The summed E-state index contributed by atoms with van der Waals surface area (Å²) in [4.78, 5) is 17.1. The molecule has 0 fully saturated rings. The molecule has 1 aliphatic heterocycles. The van der Waals surface area contributed by atoms with Gasteiger partial charge in [-0.05, 0) is 57.8 Å². The van der Waals surface area contributed by atoms with Gasteiger partial charge in [-0.3, -0.25) is 9.36 Å². The number of likely N-dealkylation sites (N-methyl/N-ethyl adjacent to an activating group) is 1. The molecule has 1 aromatic heterocycles. The molecule has 126 valence electrons. The van der Waals surface area contributed by atoms with Crippen molar-refractivity contribution >= 4 is 16.8 Å². The zero-order valence-corrected chi connectivity index (χ0v) is 14.9. The lowest BCUT2D eigenvalue weighted by Gasteiger charge is -2.16. The van der Waals surface area contributed by atoms with Gasteiger partial charge < -0.3 is 9.80 Å². The highest BCUT2D eigenvalue weighted by Gasteiger charge is 2.18. The second kappa shape index (κ2) is 6.65.